The second-order valence-corrected chi connectivity index (χ2v) is 7.64. The van der Waals surface area contributed by atoms with Crippen molar-refractivity contribution in [3.05, 3.63) is 29.8 Å². The van der Waals surface area contributed by atoms with Gasteiger partial charge in [-0.25, -0.2) is 0 Å². The molecule has 0 spiro atoms. The average molecular weight is 349 g/mol. The summed E-state index contributed by atoms with van der Waals surface area (Å²) in [7, 11) is 0. The first-order chi connectivity index (χ1) is 11.7. The molecule has 0 aliphatic carbocycles. The zero-order valence-electron chi connectivity index (χ0n) is 15.4. The Morgan fingerprint density at radius 1 is 1.25 bits per heavy atom. The summed E-state index contributed by atoms with van der Waals surface area (Å²) in [5.41, 5.74) is 1.44. The van der Waals surface area contributed by atoms with Crippen LogP contribution in [0.5, 0.6) is 0 Å². The zero-order chi connectivity index (χ0) is 17.4. The van der Waals surface area contributed by atoms with Gasteiger partial charge < -0.3 is 5.32 Å². The fourth-order valence-electron chi connectivity index (χ4n) is 3.47. The van der Waals surface area contributed by atoms with Crippen molar-refractivity contribution >= 4 is 17.7 Å². The lowest BCUT2D eigenvalue weighted by atomic mass is 9.95. The predicted octanol–water partition coefficient (Wildman–Crippen LogP) is 4.17. The molecule has 1 aromatic carbocycles. The molecular formula is C20H32N2OS. The van der Waals surface area contributed by atoms with Crippen LogP contribution in [0, 0.1) is 11.8 Å². The van der Waals surface area contributed by atoms with Gasteiger partial charge in [0.15, 0.2) is 0 Å². The third kappa shape index (κ3) is 5.52. The quantitative estimate of drug-likeness (QED) is 0.716. The zero-order valence-corrected chi connectivity index (χ0v) is 16.2. The molecule has 0 aromatic heterocycles. The van der Waals surface area contributed by atoms with Gasteiger partial charge in [-0.15, -0.1) is 11.8 Å². The summed E-state index contributed by atoms with van der Waals surface area (Å²) in [5.74, 6) is 1.07. The van der Waals surface area contributed by atoms with Gasteiger partial charge in [-0.1, -0.05) is 32.0 Å². The van der Waals surface area contributed by atoms with Crippen molar-refractivity contribution in [3.63, 3.8) is 0 Å². The number of nitrogens with one attached hydrogen (secondary N) is 1. The molecule has 1 heterocycles. The van der Waals surface area contributed by atoms with Gasteiger partial charge in [0.25, 0.3) is 0 Å². The fraction of sp³-hybridized carbons (Fsp3) is 0.650. The topological polar surface area (TPSA) is 32.3 Å². The molecule has 134 valence electrons. The predicted molar refractivity (Wildman–Crippen MR) is 103 cm³/mol. The third-order valence-electron chi connectivity index (χ3n) is 5.21. The van der Waals surface area contributed by atoms with Crippen LogP contribution in [-0.2, 0) is 11.3 Å². The van der Waals surface area contributed by atoms with E-state index in [-0.39, 0.29) is 11.8 Å². The van der Waals surface area contributed by atoms with Crippen LogP contribution in [0.4, 0.5) is 0 Å². The molecule has 3 nitrogen and oxygen atoms in total. The maximum absolute atomic E-state index is 12.1. The number of thioether (sulfide) groups is 1. The Balaban J connectivity index is 1.74. The van der Waals surface area contributed by atoms with Crippen LogP contribution in [0.3, 0.4) is 0 Å². The molecule has 1 N–H and O–H groups in total. The molecule has 0 radical (unpaired) electrons. The summed E-state index contributed by atoms with van der Waals surface area (Å²) in [6.45, 7) is 8.36. The van der Waals surface area contributed by atoms with Gasteiger partial charge in [-0.2, -0.15) is 0 Å². The van der Waals surface area contributed by atoms with Crippen LogP contribution in [0.15, 0.2) is 29.2 Å². The molecule has 1 aromatic rings. The number of likely N-dealkylation sites (tertiary alicyclic amines) is 1. The van der Waals surface area contributed by atoms with Gasteiger partial charge in [-0.3, -0.25) is 9.69 Å². The molecule has 1 saturated heterocycles. The van der Waals surface area contributed by atoms with Crippen molar-refractivity contribution < 1.29 is 4.79 Å². The first kappa shape index (κ1) is 19.3. The van der Waals surface area contributed by atoms with Crippen molar-refractivity contribution in [2.45, 2.75) is 51.0 Å². The van der Waals surface area contributed by atoms with Crippen molar-refractivity contribution in [2.75, 3.05) is 25.9 Å². The van der Waals surface area contributed by atoms with Gasteiger partial charge in [0, 0.05) is 23.9 Å². The van der Waals surface area contributed by atoms with E-state index in [1.165, 1.54) is 23.3 Å². The number of piperidine rings is 1. The van der Waals surface area contributed by atoms with Crippen LogP contribution in [-0.4, -0.2) is 36.7 Å². The van der Waals surface area contributed by atoms with Crippen LogP contribution in [0.25, 0.3) is 0 Å². The minimum atomic E-state index is 0.188. The van der Waals surface area contributed by atoms with E-state index in [0.717, 1.165) is 39.0 Å². The van der Waals surface area contributed by atoms with E-state index in [1.807, 2.05) is 11.8 Å². The van der Waals surface area contributed by atoms with Crippen LogP contribution >= 0.6 is 11.8 Å². The minimum Gasteiger partial charge on any atom is -0.356 e. The van der Waals surface area contributed by atoms with Crippen molar-refractivity contribution in [1.29, 1.82) is 0 Å². The van der Waals surface area contributed by atoms with E-state index in [1.54, 1.807) is 0 Å². The monoisotopic (exact) mass is 348 g/mol. The van der Waals surface area contributed by atoms with E-state index in [9.17, 15) is 4.79 Å². The van der Waals surface area contributed by atoms with Crippen LogP contribution < -0.4 is 5.32 Å². The Bertz CT molecular complexity index is 508. The van der Waals surface area contributed by atoms with Crippen molar-refractivity contribution in [1.82, 2.24) is 10.2 Å². The number of carbonyl (C=O) groups excluding carboxylic acids is 1. The van der Waals surface area contributed by atoms with E-state index < -0.39 is 0 Å². The molecular weight excluding hydrogens is 316 g/mol. The molecule has 0 bridgehead atoms. The summed E-state index contributed by atoms with van der Waals surface area (Å²) in [4.78, 5) is 16.0. The molecule has 4 heteroatoms. The highest BCUT2D eigenvalue weighted by Gasteiger charge is 2.21. The van der Waals surface area contributed by atoms with Crippen LogP contribution in [0.1, 0.15) is 45.1 Å². The third-order valence-corrected chi connectivity index (χ3v) is 6.05. The molecule has 1 aliphatic heterocycles. The first-order valence-corrected chi connectivity index (χ1v) is 10.5. The SMILES string of the molecule is CCC(CC)C(=O)NCC1CCN(Cc2ccccc2SC)CC1. The van der Waals surface area contributed by atoms with Crippen molar-refractivity contribution in [3.8, 4) is 0 Å². The summed E-state index contributed by atoms with van der Waals surface area (Å²) < 4.78 is 0. The van der Waals surface area contributed by atoms with Crippen LogP contribution in [0.2, 0.25) is 0 Å². The summed E-state index contributed by atoms with van der Waals surface area (Å²) >= 11 is 1.83. The maximum Gasteiger partial charge on any atom is 0.223 e. The highest BCUT2D eigenvalue weighted by molar-refractivity contribution is 7.98. The largest absolute Gasteiger partial charge is 0.356 e. The molecule has 2 rings (SSSR count). The maximum atomic E-state index is 12.1. The lowest BCUT2D eigenvalue weighted by Crippen LogP contribution is -2.39. The number of rotatable bonds is 8. The highest BCUT2D eigenvalue weighted by Crippen LogP contribution is 2.24. The number of hydrogen-bond donors (Lipinski definition) is 1. The smallest absolute Gasteiger partial charge is 0.223 e. The Labute approximate surface area is 151 Å². The normalized spacial score (nSPS) is 16.5. The van der Waals surface area contributed by atoms with E-state index in [4.69, 9.17) is 0 Å². The molecule has 24 heavy (non-hydrogen) atoms. The van der Waals surface area contributed by atoms with Gasteiger partial charge in [0.2, 0.25) is 5.91 Å². The van der Waals surface area contributed by atoms with Gasteiger partial charge in [0.1, 0.15) is 0 Å². The highest BCUT2D eigenvalue weighted by atomic mass is 32.2. The van der Waals surface area contributed by atoms with Gasteiger partial charge >= 0.3 is 0 Å². The lowest BCUT2D eigenvalue weighted by Gasteiger charge is -2.32. The standard InChI is InChI=1S/C20H32N2OS/c1-4-17(5-2)20(23)21-14-16-10-12-22(13-11-16)15-18-8-6-7-9-19(18)24-3/h6-9,16-17H,4-5,10-15H2,1-3H3,(H,21,23). The van der Waals surface area contributed by atoms with E-state index >= 15 is 0 Å². The number of carbonyl (C=O) groups is 1. The number of amides is 1. The molecule has 1 fully saturated rings. The number of benzene rings is 1. The Hall–Kier alpha value is -1.00. The second kappa shape index (κ2) is 10.1. The number of nitrogens with zero attached hydrogens (tertiary/aromatic N) is 1. The first-order valence-electron chi connectivity index (χ1n) is 9.29. The van der Waals surface area contributed by atoms with E-state index in [0.29, 0.717) is 5.92 Å². The Morgan fingerprint density at radius 2 is 1.92 bits per heavy atom. The minimum absolute atomic E-state index is 0.188. The van der Waals surface area contributed by atoms with Gasteiger partial charge in [-0.05, 0) is 62.6 Å². The molecule has 0 atom stereocenters. The molecule has 0 unspecified atom stereocenters. The van der Waals surface area contributed by atoms with Crippen molar-refractivity contribution in [2.24, 2.45) is 11.8 Å². The molecule has 1 aliphatic rings. The fourth-order valence-corrected chi connectivity index (χ4v) is 4.08. The number of hydrogen-bond acceptors (Lipinski definition) is 3. The molecule has 0 saturated carbocycles. The summed E-state index contributed by atoms with van der Waals surface area (Å²) in [6.07, 6.45) is 6.40. The average Bonchev–Trinajstić information content (AvgIpc) is 2.62. The lowest BCUT2D eigenvalue weighted by molar-refractivity contribution is -0.125. The van der Waals surface area contributed by atoms with E-state index in [2.05, 4.69) is 54.6 Å². The Morgan fingerprint density at radius 3 is 2.54 bits per heavy atom. The molecule has 1 amide bonds. The second-order valence-electron chi connectivity index (χ2n) is 6.79. The summed E-state index contributed by atoms with van der Waals surface area (Å²) in [5, 5.41) is 3.18. The Kier molecular flexibility index (Phi) is 8.13. The summed E-state index contributed by atoms with van der Waals surface area (Å²) in [6, 6.07) is 8.70. The van der Waals surface area contributed by atoms with Gasteiger partial charge in [0.05, 0.1) is 0 Å².